The fraction of sp³-hybridized carbons (Fsp3) is 0.238. The van der Waals surface area contributed by atoms with Gasteiger partial charge in [0.2, 0.25) is 0 Å². The van der Waals surface area contributed by atoms with Gasteiger partial charge in [0.15, 0.2) is 5.65 Å². The zero-order chi connectivity index (χ0) is 20.7. The zero-order valence-corrected chi connectivity index (χ0v) is 17.2. The number of thioether (sulfide) groups is 1. The maximum atomic E-state index is 11.8. The summed E-state index contributed by atoms with van der Waals surface area (Å²) in [6.07, 6.45) is 3.43. The molecule has 0 saturated carbocycles. The first-order valence-electron chi connectivity index (χ1n) is 9.70. The second kappa shape index (κ2) is 7.58. The molecule has 5 rings (SSSR count). The van der Waals surface area contributed by atoms with E-state index in [2.05, 4.69) is 56.5 Å². The standard InChI is InChI=1S/C21H20N6O2S/c1-25-7-9-26(10-8-25)16-4-2-3-14(11-16)17-13-22-19-6-5-15(24-27(17)19)12-18-20(28)23-21(29)30-18/h2-6,11-13H,7-10H2,1H3,(H,23,28,29)/b18-12-. The Balaban J connectivity index is 1.49. The lowest BCUT2D eigenvalue weighted by Crippen LogP contribution is -2.44. The van der Waals surface area contributed by atoms with Crippen LogP contribution in [0.4, 0.5) is 10.5 Å². The minimum atomic E-state index is -0.391. The van der Waals surface area contributed by atoms with Gasteiger partial charge in [0, 0.05) is 37.4 Å². The van der Waals surface area contributed by atoms with Crippen LogP contribution in [0.5, 0.6) is 0 Å². The number of nitrogens with zero attached hydrogens (tertiary/aromatic N) is 5. The van der Waals surface area contributed by atoms with Crippen LogP contribution in [0.15, 0.2) is 47.5 Å². The van der Waals surface area contributed by atoms with Gasteiger partial charge in [0.05, 0.1) is 22.5 Å². The van der Waals surface area contributed by atoms with E-state index in [1.54, 1.807) is 16.7 Å². The van der Waals surface area contributed by atoms with Crippen molar-refractivity contribution in [3.8, 4) is 11.3 Å². The minimum absolute atomic E-state index is 0.338. The third-order valence-corrected chi connectivity index (χ3v) is 6.12. The minimum Gasteiger partial charge on any atom is -0.369 e. The van der Waals surface area contributed by atoms with E-state index >= 15 is 0 Å². The van der Waals surface area contributed by atoms with Crippen molar-refractivity contribution in [2.45, 2.75) is 0 Å². The van der Waals surface area contributed by atoms with E-state index in [0.29, 0.717) is 10.6 Å². The van der Waals surface area contributed by atoms with Gasteiger partial charge < -0.3 is 9.80 Å². The van der Waals surface area contributed by atoms with Crippen LogP contribution < -0.4 is 10.2 Å². The number of likely N-dealkylation sites (N-methyl/N-ethyl adjacent to an activating group) is 1. The van der Waals surface area contributed by atoms with Crippen molar-refractivity contribution in [2.24, 2.45) is 0 Å². The summed E-state index contributed by atoms with van der Waals surface area (Å²) in [6.45, 7) is 4.10. The molecular formula is C21H20N6O2S. The van der Waals surface area contributed by atoms with Gasteiger partial charge in [-0.15, -0.1) is 0 Å². The summed E-state index contributed by atoms with van der Waals surface area (Å²) in [6, 6.07) is 12.0. The zero-order valence-electron chi connectivity index (χ0n) is 16.4. The van der Waals surface area contributed by atoms with E-state index in [4.69, 9.17) is 0 Å². The average molecular weight is 420 g/mol. The van der Waals surface area contributed by atoms with Crippen molar-refractivity contribution in [1.82, 2.24) is 24.8 Å². The summed E-state index contributed by atoms with van der Waals surface area (Å²) >= 11 is 0.882. The van der Waals surface area contributed by atoms with Crippen LogP contribution in [-0.4, -0.2) is 63.9 Å². The molecule has 2 saturated heterocycles. The topological polar surface area (TPSA) is 82.8 Å². The number of rotatable bonds is 3. The highest BCUT2D eigenvalue weighted by molar-refractivity contribution is 8.18. The third kappa shape index (κ3) is 3.57. The number of imidazole rings is 1. The molecule has 9 heteroatoms. The lowest BCUT2D eigenvalue weighted by atomic mass is 10.1. The number of amides is 2. The van der Waals surface area contributed by atoms with E-state index in [-0.39, 0.29) is 5.24 Å². The second-order valence-electron chi connectivity index (χ2n) is 7.36. The summed E-state index contributed by atoms with van der Waals surface area (Å²) in [7, 11) is 2.15. The van der Waals surface area contributed by atoms with Gasteiger partial charge in [0.25, 0.3) is 11.1 Å². The first-order chi connectivity index (χ1) is 14.6. The first-order valence-corrected chi connectivity index (χ1v) is 10.5. The van der Waals surface area contributed by atoms with Crippen LogP contribution in [0.2, 0.25) is 0 Å². The number of carbonyl (C=O) groups excluding carboxylic acids is 2. The smallest absolute Gasteiger partial charge is 0.290 e. The van der Waals surface area contributed by atoms with Crippen LogP contribution in [0.1, 0.15) is 5.69 Å². The molecule has 0 spiro atoms. The van der Waals surface area contributed by atoms with E-state index in [9.17, 15) is 9.59 Å². The summed E-state index contributed by atoms with van der Waals surface area (Å²) in [5.41, 5.74) is 4.40. The molecule has 2 aliphatic rings. The number of carbonyl (C=O) groups is 2. The number of benzene rings is 1. The largest absolute Gasteiger partial charge is 0.369 e. The molecule has 8 nitrogen and oxygen atoms in total. The van der Waals surface area contributed by atoms with Crippen LogP contribution in [-0.2, 0) is 4.79 Å². The SMILES string of the molecule is CN1CCN(c2cccc(-c3cnc4ccc(/C=C5\SC(=O)NC5=O)nn34)c2)CC1. The molecule has 0 bridgehead atoms. The molecule has 2 amide bonds. The third-order valence-electron chi connectivity index (χ3n) is 5.31. The Bertz CT molecular complexity index is 1180. The van der Waals surface area contributed by atoms with Crippen molar-refractivity contribution < 1.29 is 9.59 Å². The molecule has 0 radical (unpaired) electrons. The highest BCUT2D eigenvalue weighted by Gasteiger charge is 2.25. The molecule has 1 N–H and O–H groups in total. The number of nitrogens with one attached hydrogen (secondary N) is 1. The Hall–Kier alpha value is -3.17. The van der Waals surface area contributed by atoms with Crippen molar-refractivity contribution in [2.75, 3.05) is 38.1 Å². The maximum Gasteiger partial charge on any atom is 0.290 e. The maximum absolute atomic E-state index is 11.8. The summed E-state index contributed by atoms with van der Waals surface area (Å²) in [4.78, 5) is 32.7. The molecule has 2 aliphatic heterocycles. The van der Waals surface area contributed by atoms with Crippen LogP contribution in [0.25, 0.3) is 23.0 Å². The van der Waals surface area contributed by atoms with Gasteiger partial charge in [-0.2, -0.15) is 5.10 Å². The van der Waals surface area contributed by atoms with Crippen molar-refractivity contribution in [3.63, 3.8) is 0 Å². The van der Waals surface area contributed by atoms with Gasteiger partial charge in [-0.05, 0) is 49.2 Å². The normalized spacial score (nSPS) is 19.1. The number of hydrogen-bond donors (Lipinski definition) is 1. The molecule has 0 unspecified atom stereocenters. The Kier molecular flexibility index (Phi) is 4.76. The Labute approximate surface area is 177 Å². The Morgan fingerprint density at radius 3 is 2.70 bits per heavy atom. The molecule has 2 fully saturated rings. The molecule has 1 aromatic carbocycles. The summed E-state index contributed by atoms with van der Waals surface area (Å²) < 4.78 is 1.77. The average Bonchev–Trinajstić information content (AvgIpc) is 3.31. The number of fused-ring (bicyclic) bond motifs is 1. The van der Waals surface area contributed by atoms with Crippen LogP contribution in [0.3, 0.4) is 0 Å². The first kappa shape index (κ1) is 18.8. The van der Waals surface area contributed by atoms with E-state index in [1.165, 1.54) is 5.69 Å². The predicted octanol–water partition coefficient (Wildman–Crippen LogP) is 2.47. The molecular weight excluding hydrogens is 400 g/mol. The van der Waals surface area contributed by atoms with Gasteiger partial charge >= 0.3 is 0 Å². The van der Waals surface area contributed by atoms with Crippen molar-refractivity contribution in [1.29, 1.82) is 0 Å². The van der Waals surface area contributed by atoms with Gasteiger partial charge in [0.1, 0.15) is 0 Å². The number of aromatic nitrogens is 3. The number of piperazine rings is 1. The molecule has 0 atom stereocenters. The molecule has 0 aliphatic carbocycles. The molecule has 2 aromatic heterocycles. The van der Waals surface area contributed by atoms with Crippen molar-refractivity contribution in [3.05, 3.63) is 53.2 Å². The van der Waals surface area contributed by atoms with Crippen LogP contribution >= 0.6 is 11.8 Å². The second-order valence-corrected chi connectivity index (χ2v) is 8.38. The highest BCUT2D eigenvalue weighted by Crippen LogP contribution is 2.27. The quantitative estimate of drug-likeness (QED) is 0.652. The Morgan fingerprint density at radius 2 is 1.93 bits per heavy atom. The monoisotopic (exact) mass is 420 g/mol. The van der Waals surface area contributed by atoms with E-state index in [0.717, 1.165) is 54.8 Å². The fourth-order valence-corrected chi connectivity index (χ4v) is 4.31. The van der Waals surface area contributed by atoms with Gasteiger partial charge in [-0.25, -0.2) is 9.50 Å². The number of hydrogen-bond acceptors (Lipinski definition) is 7. The van der Waals surface area contributed by atoms with Crippen LogP contribution in [0, 0.1) is 0 Å². The molecule has 3 aromatic rings. The molecule has 152 valence electrons. The highest BCUT2D eigenvalue weighted by atomic mass is 32.2. The van der Waals surface area contributed by atoms with Crippen molar-refractivity contribution >= 4 is 40.3 Å². The molecule has 4 heterocycles. The molecule has 30 heavy (non-hydrogen) atoms. The number of imide groups is 1. The summed E-state index contributed by atoms with van der Waals surface area (Å²) in [5.74, 6) is -0.391. The Morgan fingerprint density at radius 1 is 1.10 bits per heavy atom. The van der Waals surface area contributed by atoms with Gasteiger partial charge in [-0.1, -0.05) is 12.1 Å². The van der Waals surface area contributed by atoms with E-state index < -0.39 is 5.91 Å². The fourth-order valence-electron chi connectivity index (χ4n) is 3.64. The number of anilines is 1. The summed E-state index contributed by atoms with van der Waals surface area (Å²) in [5, 5.41) is 6.53. The van der Waals surface area contributed by atoms with Gasteiger partial charge in [-0.3, -0.25) is 14.9 Å². The van der Waals surface area contributed by atoms with E-state index in [1.807, 2.05) is 12.3 Å². The lowest BCUT2D eigenvalue weighted by molar-refractivity contribution is -0.115. The lowest BCUT2D eigenvalue weighted by Gasteiger charge is -2.34. The predicted molar refractivity (Wildman–Crippen MR) is 117 cm³/mol.